The Morgan fingerprint density at radius 3 is 2.87 bits per heavy atom. The van der Waals surface area contributed by atoms with Crippen LogP contribution in [0.4, 0.5) is 0 Å². The molecule has 0 aliphatic rings. The standard InChI is InChI=1S/C10H12N2O3/c1-7(3-10(14)15)5-12-6-11-8(2)4-9(12)13/h3-4,6H,5H2,1-2H3,(H,14,15)/b7-3+. The average molecular weight is 208 g/mol. The van der Waals surface area contributed by atoms with Gasteiger partial charge in [0.15, 0.2) is 0 Å². The van der Waals surface area contributed by atoms with Crippen molar-refractivity contribution in [3.8, 4) is 0 Å². The van der Waals surface area contributed by atoms with Crippen LogP contribution < -0.4 is 5.56 Å². The van der Waals surface area contributed by atoms with E-state index in [1.54, 1.807) is 13.8 Å². The molecule has 1 heterocycles. The van der Waals surface area contributed by atoms with Crippen molar-refractivity contribution < 1.29 is 9.90 Å². The normalized spacial score (nSPS) is 11.5. The van der Waals surface area contributed by atoms with E-state index in [9.17, 15) is 9.59 Å². The first-order chi connectivity index (χ1) is 6.99. The molecule has 1 rings (SSSR count). The topological polar surface area (TPSA) is 72.2 Å². The number of carbonyl (C=O) groups is 1. The van der Waals surface area contributed by atoms with Crippen molar-refractivity contribution in [2.75, 3.05) is 0 Å². The number of nitrogens with zero attached hydrogens (tertiary/aromatic N) is 2. The van der Waals surface area contributed by atoms with Gasteiger partial charge in [0, 0.05) is 24.4 Å². The number of carboxylic acid groups (broad SMARTS) is 1. The number of hydrogen-bond donors (Lipinski definition) is 1. The molecular formula is C10H12N2O3. The summed E-state index contributed by atoms with van der Waals surface area (Å²) in [5, 5.41) is 8.50. The fraction of sp³-hybridized carbons (Fsp3) is 0.300. The number of aryl methyl sites for hydroxylation is 1. The molecule has 0 amide bonds. The second-order valence-electron chi connectivity index (χ2n) is 3.33. The van der Waals surface area contributed by atoms with Gasteiger partial charge in [-0.25, -0.2) is 9.78 Å². The molecule has 0 fully saturated rings. The first-order valence-electron chi connectivity index (χ1n) is 4.42. The van der Waals surface area contributed by atoms with Gasteiger partial charge in [-0.05, 0) is 19.4 Å². The molecule has 0 atom stereocenters. The maximum atomic E-state index is 11.4. The lowest BCUT2D eigenvalue weighted by atomic mass is 10.3. The van der Waals surface area contributed by atoms with Crippen LogP contribution in [0.2, 0.25) is 0 Å². The number of aliphatic carboxylic acids is 1. The molecule has 0 saturated heterocycles. The van der Waals surface area contributed by atoms with Crippen molar-refractivity contribution in [3.05, 3.63) is 40.1 Å². The Balaban J connectivity index is 2.91. The molecule has 1 aromatic heterocycles. The number of allylic oxidation sites excluding steroid dienone is 1. The third-order valence-electron chi connectivity index (χ3n) is 1.81. The third kappa shape index (κ3) is 3.38. The summed E-state index contributed by atoms with van der Waals surface area (Å²) < 4.78 is 1.36. The maximum absolute atomic E-state index is 11.4. The van der Waals surface area contributed by atoms with Crippen LogP contribution in [0.25, 0.3) is 0 Å². The minimum absolute atomic E-state index is 0.180. The number of rotatable bonds is 3. The molecule has 0 radical (unpaired) electrons. The van der Waals surface area contributed by atoms with Crippen molar-refractivity contribution in [3.63, 3.8) is 0 Å². The van der Waals surface area contributed by atoms with Crippen LogP contribution in [-0.2, 0) is 11.3 Å². The Labute approximate surface area is 86.7 Å². The Kier molecular flexibility index (Phi) is 3.38. The van der Waals surface area contributed by atoms with Crippen LogP contribution in [-0.4, -0.2) is 20.6 Å². The van der Waals surface area contributed by atoms with Gasteiger partial charge in [0.2, 0.25) is 0 Å². The van der Waals surface area contributed by atoms with Crippen molar-refractivity contribution in [2.24, 2.45) is 0 Å². The van der Waals surface area contributed by atoms with Gasteiger partial charge in [0.25, 0.3) is 5.56 Å². The Morgan fingerprint density at radius 2 is 2.33 bits per heavy atom. The second kappa shape index (κ2) is 4.54. The van der Waals surface area contributed by atoms with E-state index in [-0.39, 0.29) is 12.1 Å². The van der Waals surface area contributed by atoms with Crippen LogP contribution in [0.5, 0.6) is 0 Å². The van der Waals surface area contributed by atoms with Gasteiger partial charge >= 0.3 is 5.97 Å². The summed E-state index contributed by atoms with van der Waals surface area (Å²) in [6, 6.07) is 1.41. The maximum Gasteiger partial charge on any atom is 0.328 e. The molecule has 15 heavy (non-hydrogen) atoms. The first-order valence-corrected chi connectivity index (χ1v) is 4.42. The van der Waals surface area contributed by atoms with Gasteiger partial charge in [0.05, 0.1) is 6.33 Å². The summed E-state index contributed by atoms with van der Waals surface area (Å²) in [5.74, 6) is -1.01. The predicted octanol–water partition coefficient (Wildman–Crippen LogP) is 0.583. The summed E-state index contributed by atoms with van der Waals surface area (Å²) in [7, 11) is 0. The van der Waals surface area contributed by atoms with E-state index in [0.29, 0.717) is 11.3 Å². The number of carboxylic acids is 1. The summed E-state index contributed by atoms with van der Waals surface area (Å²) >= 11 is 0. The first kappa shape index (κ1) is 11.2. The zero-order chi connectivity index (χ0) is 11.4. The zero-order valence-corrected chi connectivity index (χ0v) is 8.60. The Bertz CT molecular complexity index is 460. The minimum atomic E-state index is -1.01. The smallest absolute Gasteiger partial charge is 0.328 e. The molecule has 0 aliphatic heterocycles. The minimum Gasteiger partial charge on any atom is -0.478 e. The van der Waals surface area contributed by atoms with Crippen molar-refractivity contribution in [2.45, 2.75) is 20.4 Å². The summed E-state index contributed by atoms with van der Waals surface area (Å²) in [6.07, 6.45) is 2.49. The molecule has 0 aliphatic carbocycles. The summed E-state index contributed by atoms with van der Waals surface area (Å²) in [5.41, 5.74) is 1.06. The molecular weight excluding hydrogens is 196 g/mol. The SMILES string of the molecule is C/C(=C\C(=O)O)Cn1cnc(C)cc1=O. The quantitative estimate of drug-likeness (QED) is 0.737. The van der Waals surface area contributed by atoms with Crippen molar-refractivity contribution in [1.29, 1.82) is 0 Å². The predicted molar refractivity (Wildman–Crippen MR) is 54.6 cm³/mol. The van der Waals surface area contributed by atoms with E-state index in [1.807, 2.05) is 0 Å². The van der Waals surface area contributed by atoms with Crippen LogP contribution in [0.3, 0.4) is 0 Å². The zero-order valence-electron chi connectivity index (χ0n) is 8.60. The van der Waals surface area contributed by atoms with Crippen LogP contribution in [0.1, 0.15) is 12.6 Å². The second-order valence-corrected chi connectivity index (χ2v) is 3.33. The highest BCUT2D eigenvalue weighted by molar-refractivity contribution is 5.80. The summed E-state index contributed by atoms with van der Waals surface area (Å²) in [6.45, 7) is 3.63. The number of hydrogen-bond acceptors (Lipinski definition) is 3. The molecule has 0 spiro atoms. The van der Waals surface area contributed by atoms with Crippen LogP contribution >= 0.6 is 0 Å². The molecule has 5 heteroatoms. The fourth-order valence-electron chi connectivity index (χ4n) is 1.16. The molecule has 80 valence electrons. The van der Waals surface area contributed by atoms with Crippen molar-refractivity contribution in [1.82, 2.24) is 9.55 Å². The Morgan fingerprint density at radius 1 is 1.67 bits per heavy atom. The van der Waals surface area contributed by atoms with Crippen molar-refractivity contribution >= 4 is 5.97 Å². The highest BCUT2D eigenvalue weighted by Crippen LogP contribution is 1.96. The number of aromatic nitrogens is 2. The van der Waals surface area contributed by atoms with E-state index in [1.165, 1.54) is 17.0 Å². The molecule has 1 N–H and O–H groups in total. The van der Waals surface area contributed by atoms with Gasteiger partial charge in [-0.1, -0.05) is 0 Å². The lowest BCUT2D eigenvalue weighted by Crippen LogP contribution is -2.20. The van der Waals surface area contributed by atoms with E-state index >= 15 is 0 Å². The molecule has 1 aromatic rings. The van der Waals surface area contributed by atoms with Crippen LogP contribution in [0.15, 0.2) is 28.8 Å². The fourth-order valence-corrected chi connectivity index (χ4v) is 1.16. The van der Waals surface area contributed by atoms with Gasteiger partial charge in [-0.3, -0.25) is 9.36 Å². The van der Waals surface area contributed by atoms with Gasteiger partial charge in [-0.15, -0.1) is 0 Å². The lowest BCUT2D eigenvalue weighted by Gasteiger charge is -2.04. The molecule has 0 saturated carbocycles. The van der Waals surface area contributed by atoms with Crippen LogP contribution in [0, 0.1) is 6.92 Å². The lowest BCUT2D eigenvalue weighted by molar-refractivity contribution is -0.131. The monoisotopic (exact) mass is 208 g/mol. The highest BCUT2D eigenvalue weighted by Gasteiger charge is 1.99. The van der Waals surface area contributed by atoms with Gasteiger partial charge in [0.1, 0.15) is 0 Å². The van der Waals surface area contributed by atoms with E-state index in [0.717, 1.165) is 6.08 Å². The average Bonchev–Trinajstić information content (AvgIpc) is 2.08. The van der Waals surface area contributed by atoms with Gasteiger partial charge in [-0.2, -0.15) is 0 Å². The molecule has 0 aromatic carbocycles. The van der Waals surface area contributed by atoms with Gasteiger partial charge < -0.3 is 5.11 Å². The Hall–Kier alpha value is -1.91. The van der Waals surface area contributed by atoms with E-state index in [2.05, 4.69) is 4.98 Å². The highest BCUT2D eigenvalue weighted by atomic mass is 16.4. The molecule has 0 unspecified atom stereocenters. The molecule has 5 nitrogen and oxygen atoms in total. The van der Waals surface area contributed by atoms with E-state index in [4.69, 9.17) is 5.11 Å². The third-order valence-corrected chi connectivity index (χ3v) is 1.81. The largest absolute Gasteiger partial charge is 0.478 e. The summed E-state index contributed by atoms with van der Waals surface area (Å²) in [4.78, 5) is 25.7. The van der Waals surface area contributed by atoms with E-state index < -0.39 is 5.97 Å². The molecule has 0 bridgehead atoms.